The van der Waals surface area contributed by atoms with Gasteiger partial charge in [-0.05, 0) is 43.5 Å². The predicted octanol–water partition coefficient (Wildman–Crippen LogP) is 4.05. The van der Waals surface area contributed by atoms with Crippen molar-refractivity contribution in [1.82, 2.24) is 34.5 Å². The van der Waals surface area contributed by atoms with E-state index in [0.29, 0.717) is 35.1 Å². The molecule has 1 fully saturated rings. The lowest BCUT2D eigenvalue weighted by atomic mass is 9.90. The summed E-state index contributed by atoms with van der Waals surface area (Å²) < 4.78 is 44.7. The summed E-state index contributed by atoms with van der Waals surface area (Å²) in [6.45, 7) is 6.57. The van der Waals surface area contributed by atoms with Crippen molar-refractivity contribution < 1.29 is 13.2 Å². The van der Waals surface area contributed by atoms with Crippen LogP contribution in [0.2, 0.25) is 0 Å². The molecule has 12 heteroatoms. The lowest BCUT2D eigenvalue weighted by Crippen LogP contribution is -2.55. The average molecular weight is 515 g/mol. The van der Waals surface area contributed by atoms with Crippen LogP contribution in [-0.4, -0.2) is 72.6 Å². The van der Waals surface area contributed by atoms with Crippen molar-refractivity contribution in [3.05, 3.63) is 53.1 Å². The third kappa shape index (κ3) is 4.44. The first-order chi connectivity index (χ1) is 17.7. The number of likely N-dealkylation sites (tertiary alicyclic amines) is 1. The Kier molecular flexibility index (Phi) is 6.42. The van der Waals surface area contributed by atoms with Gasteiger partial charge in [-0.15, -0.1) is 10.2 Å². The van der Waals surface area contributed by atoms with E-state index >= 15 is 4.39 Å². The fourth-order valence-electron chi connectivity index (χ4n) is 4.90. The van der Waals surface area contributed by atoms with Gasteiger partial charge in [-0.1, -0.05) is 24.8 Å². The number of H-pyrrole nitrogens is 1. The quantitative estimate of drug-likeness (QED) is 0.368. The highest BCUT2D eigenvalue weighted by Gasteiger charge is 2.40. The molecule has 1 aromatic carbocycles. The van der Waals surface area contributed by atoms with Crippen molar-refractivity contribution in [3.63, 3.8) is 0 Å². The maximum absolute atomic E-state index is 15.5. The number of hydrogen-bond acceptors (Lipinski definition) is 6. The number of aromatic nitrogens is 6. The normalized spacial score (nSPS) is 20.3. The van der Waals surface area contributed by atoms with E-state index in [1.807, 2.05) is 11.8 Å². The Morgan fingerprint density at radius 1 is 1.32 bits per heavy atom. The Morgan fingerprint density at radius 2 is 2.11 bits per heavy atom. The Bertz CT molecular complexity index is 1500. The van der Waals surface area contributed by atoms with Crippen LogP contribution in [0.5, 0.6) is 0 Å². The van der Waals surface area contributed by atoms with Crippen molar-refractivity contribution in [2.24, 2.45) is 0 Å². The van der Waals surface area contributed by atoms with Crippen molar-refractivity contribution in [2.75, 3.05) is 31.8 Å². The molecule has 4 heterocycles. The minimum atomic E-state index is -1.56. The van der Waals surface area contributed by atoms with E-state index in [2.05, 4.69) is 32.3 Å². The Labute approximate surface area is 211 Å². The zero-order valence-corrected chi connectivity index (χ0v) is 20.7. The van der Waals surface area contributed by atoms with Crippen molar-refractivity contribution in [2.45, 2.75) is 44.4 Å². The van der Waals surface area contributed by atoms with Gasteiger partial charge in [-0.2, -0.15) is 0 Å². The third-order valence-electron chi connectivity index (χ3n) is 7.09. The lowest BCUT2D eigenvalue weighted by Gasteiger charge is -2.43. The second kappa shape index (κ2) is 9.56. The number of aromatic amines is 1. The highest BCUT2D eigenvalue weighted by Crippen LogP contribution is 2.31. The van der Waals surface area contributed by atoms with Gasteiger partial charge in [0.15, 0.2) is 0 Å². The fourth-order valence-corrected chi connectivity index (χ4v) is 4.90. The third-order valence-corrected chi connectivity index (χ3v) is 7.09. The molecule has 4 aromatic rings. The molecule has 0 aliphatic carbocycles. The standard InChI is InChI=1S/C25H29F3N8O/c1-4-15(2)34-9-8-21(25(3,28)14-34)29-24-30-23(37)22-18(7-10-35(22)32-24)16-5-6-19-20(11-16)36(33-31-19)17(12-26)13-27/h5-7,10-11,17,21H,2,4,8-9,12-14H2,1,3H3,(H2,29,30,32,37). The predicted molar refractivity (Wildman–Crippen MR) is 136 cm³/mol. The summed E-state index contributed by atoms with van der Waals surface area (Å²) in [7, 11) is 0. The zero-order valence-electron chi connectivity index (χ0n) is 20.7. The molecule has 0 bridgehead atoms. The summed E-state index contributed by atoms with van der Waals surface area (Å²) in [5.41, 5.74) is 1.38. The highest BCUT2D eigenvalue weighted by molar-refractivity contribution is 5.87. The van der Waals surface area contributed by atoms with E-state index < -0.39 is 36.7 Å². The van der Waals surface area contributed by atoms with Gasteiger partial charge in [0, 0.05) is 24.0 Å². The van der Waals surface area contributed by atoms with E-state index in [0.717, 1.165) is 12.1 Å². The van der Waals surface area contributed by atoms with Crippen LogP contribution in [0.15, 0.2) is 47.5 Å². The molecule has 0 amide bonds. The van der Waals surface area contributed by atoms with Crippen molar-refractivity contribution in [3.8, 4) is 11.1 Å². The number of benzene rings is 1. The molecule has 196 valence electrons. The number of halogens is 3. The number of alkyl halides is 3. The molecule has 3 aromatic heterocycles. The Balaban J connectivity index is 1.45. The first kappa shape index (κ1) is 24.8. The van der Waals surface area contributed by atoms with Crippen LogP contribution in [0.4, 0.5) is 19.1 Å². The molecular weight excluding hydrogens is 485 g/mol. The van der Waals surface area contributed by atoms with E-state index in [9.17, 15) is 13.6 Å². The molecule has 2 unspecified atom stereocenters. The van der Waals surface area contributed by atoms with Crippen molar-refractivity contribution in [1.29, 1.82) is 0 Å². The fraction of sp³-hybridized carbons (Fsp3) is 0.440. The number of rotatable bonds is 8. The Morgan fingerprint density at radius 3 is 2.81 bits per heavy atom. The molecule has 1 aliphatic rings. The van der Waals surface area contributed by atoms with E-state index in [4.69, 9.17) is 0 Å². The van der Waals surface area contributed by atoms with Gasteiger partial charge in [0.05, 0.1) is 18.1 Å². The number of piperidine rings is 1. The molecule has 1 saturated heterocycles. The first-order valence-corrected chi connectivity index (χ1v) is 12.2. The largest absolute Gasteiger partial charge is 0.372 e. The van der Waals surface area contributed by atoms with Gasteiger partial charge >= 0.3 is 0 Å². The molecule has 0 saturated carbocycles. The number of fused-ring (bicyclic) bond motifs is 2. The summed E-state index contributed by atoms with van der Waals surface area (Å²) in [5.74, 6) is 0.169. The number of allylic oxidation sites excluding steroid dienone is 1. The molecule has 2 N–H and O–H groups in total. The Hall–Kier alpha value is -3.83. The number of nitrogens with one attached hydrogen (secondary N) is 2. The summed E-state index contributed by atoms with van der Waals surface area (Å²) in [4.78, 5) is 17.8. The second-order valence-electron chi connectivity index (χ2n) is 9.63. The summed E-state index contributed by atoms with van der Waals surface area (Å²) in [5, 5.41) is 15.4. The summed E-state index contributed by atoms with van der Waals surface area (Å²) in [6, 6.07) is 5.25. The van der Waals surface area contributed by atoms with Crippen LogP contribution in [0, 0.1) is 0 Å². The lowest BCUT2D eigenvalue weighted by molar-refractivity contribution is 0.0644. The van der Waals surface area contributed by atoms with Crippen LogP contribution in [0.25, 0.3) is 27.7 Å². The minimum Gasteiger partial charge on any atom is -0.372 e. The van der Waals surface area contributed by atoms with Gasteiger partial charge < -0.3 is 10.2 Å². The number of hydrogen-bond donors (Lipinski definition) is 2. The van der Waals surface area contributed by atoms with Crippen LogP contribution in [-0.2, 0) is 0 Å². The van der Waals surface area contributed by atoms with E-state index in [1.54, 1.807) is 30.5 Å². The number of anilines is 1. The monoisotopic (exact) mass is 514 g/mol. The van der Waals surface area contributed by atoms with Gasteiger partial charge in [-0.25, -0.2) is 22.4 Å². The van der Waals surface area contributed by atoms with Crippen molar-refractivity contribution >= 4 is 22.5 Å². The minimum absolute atomic E-state index is 0.169. The van der Waals surface area contributed by atoms with E-state index in [1.165, 1.54) is 16.1 Å². The van der Waals surface area contributed by atoms with Crippen LogP contribution < -0.4 is 10.9 Å². The zero-order chi connectivity index (χ0) is 26.3. The first-order valence-electron chi connectivity index (χ1n) is 12.2. The van der Waals surface area contributed by atoms with Gasteiger partial charge in [0.25, 0.3) is 5.56 Å². The molecule has 0 radical (unpaired) electrons. The molecule has 37 heavy (non-hydrogen) atoms. The molecule has 1 aliphatic heterocycles. The average Bonchev–Trinajstić information content (AvgIpc) is 3.50. The van der Waals surface area contributed by atoms with E-state index in [-0.39, 0.29) is 18.0 Å². The summed E-state index contributed by atoms with van der Waals surface area (Å²) >= 11 is 0. The topological polar surface area (TPSA) is 96.1 Å². The van der Waals surface area contributed by atoms with Crippen LogP contribution >= 0.6 is 0 Å². The smallest absolute Gasteiger partial charge is 0.277 e. The molecule has 2 atom stereocenters. The second-order valence-corrected chi connectivity index (χ2v) is 9.63. The highest BCUT2D eigenvalue weighted by atomic mass is 19.1. The summed E-state index contributed by atoms with van der Waals surface area (Å²) in [6.07, 6.45) is 2.91. The van der Waals surface area contributed by atoms with Crippen LogP contribution in [0.1, 0.15) is 32.7 Å². The molecule has 9 nitrogen and oxygen atoms in total. The molecular formula is C25H29F3N8O. The van der Waals surface area contributed by atoms with Gasteiger partial charge in [0.1, 0.15) is 36.1 Å². The maximum atomic E-state index is 15.5. The van der Waals surface area contributed by atoms with Gasteiger partial charge in [0.2, 0.25) is 5.95 Å². The van der Waals surface area contributed by atoms with Crippen LogP contribution in [0.3, 0.4) is 0 Å². The molecule has 0 spiro atoms. The van der Waals surface area contributed by atoms with Gasteiger partial charge in [-0.3, -0.25) is 9.78 Å². The SMILES string of the molecule is C=C(CC)N1CCC(Nc2nn3ccc(-c4ccc5nnn(C(CF)CF)c5c4)c3c(=O)[nH]2)C(C)(F)C1. The number of nitrogens with zero attached hydrogens (tertiary/aromatic N) is 6. The maximum Gasteiger partial charge on any atom is 0.277 e. The molecule has 5 rings (SSSR count).